The molecule has 0 spiro atoms. The van der Waals surface area contributed by atoms with E-state index >= 15 is 0 Å². The summed E-state index contributed by atoms with van der Waals surface area (Å²) in [5.74, 6) is 3.25. The lowest BCUT2D eigenvalue weighted by Crippen LogP contribution is -2.46. The van der Waals surface area contributed by atoms with Crippen LogP contribution in [0, 0.1) is 5.92 Å². The van der Waals surface area contributed by atoms with Gasteiger partial charge in [0.25, 0.3) is 0 Å². The Bertz CT molecular complexity index is 1340. The van der Waals surface area contributed by atoms with Crippen LogP contribution in [0.5, 0.6) is 5.75 Å². The standard InChI is InChI=1S/C32H44N6O3/c1-21-7-5-6-8-27(21)33-18-25-17-24(9-12-29(25)39-4)28-11-10-26-30(34-28)35-32(38-19-22(2)41-23(3)20-38)36-31(26)37-13-15-40-16-14-37/h9-12,17,21-23,27,33H,5-8,13-16,18-20H2,1-4H3. The summed E-state index contributed by atoms with van der Waals surface area (Å²) in [6, 6.07) is 11.1. The van der Waals surface area contributed by atoms with E-state index in [4.69, 9.17) is 29.2 Å². The maximum atomic E-state index is 5.99. The Kier molecular flexibility index (Phi) is 8.55. The van der Waals surface area contributed by atoms with Crippen molar-refractivity contribution in [3.8, 4) is 17.0 Å². The van der Waals surface area contributed by atoms with Crippen molar-refractivity contribution in [3.05, 3.63) is 35.9 Å². The van der Waals surface area contributed by atoms with E-state index in [2.05, 4.69) is 66.2 Å². The first-order valence-electron chi connectivity index (χ1n) is 15.3. The average Bonchev–Trinajstić information content (AvgIpc) is 2.99. The molecule has 4 atom stereocenters. The quantitative estimate of drug-likeness (QED) is 0.437. The van der Waals surface area contributed by atoms with Crippen molar-refractivity contribution in [1.29, 1.82) is 0 Å². The predicted octanol–water partition coefficient (Wildman–Crippen LogP) is 4.82. The number of hydrogen-bond donors (Lipinski definition) is 1. The highest BCUT2D eigenvalue weighted by Crippen LogP contribution is 2.32. The second-order valence-corrected chi connectivity index (χ2v) is 12.0. The lowest BCUT2D eigenvalue weighted by molar-refractivity contribution is -0.00570. The molecular weight excluding hydrogens is 516 g/mol. The number of ether oxygens (including phenoxy) is 3. The summed E-state index contributed by atoms with van der Waals surface area (Å²) >= 11 is 0. The molecule has 6 rings (SSSR count). The van der Waals surface area contributed by atoms with Crippen LogP contribution in [0.2, 0.25) is 0 Å². The maximum Gasteiger partial charge on any atom is 0.229 e. The van der Waals surface area contributed by atoms with Gasteiger partial charge < -0.3 is 29.3 Å². The summed E-state index contributed by atoms with van der Waals surface area (Å²) in [5, 5.41) is 4.78. The van der Waals surface area contributed by atoms with Crippen molar-refractivity contribution < 1.29 is 14.2 Å². The van der Waals surface area contributed by atoms with E-state index in [9.17, 15) is 0 Å². The van der Waals surface area contributed by atoms with Gasteiger partial charge in [0.2, 0.25) is 5.95 Å². The molecule has 2 aliphatic heterocycles. The molecule has 4 unspecified atom stereocenters. The molecule has 9 nitrogen and oxygen atoms in total. The molecule has 1 aliphatic carbocycles. The molecule has 1 aromatic carbocycles. The van der Waals surface area contributed by atoms with Gasteiger partial charge in [-0.15, -0.1) is 0 Å². The molecule has 0 amide bonds. The molecule has 2 aromatic heterocycles. The fourth-order valence-electron chi connectivity index (χ4n) is 6.58. The number of pyridine rings is 1. The molecule has 1 saturated carbocycles. The van der Waals surface area contributed by atoms with Gasteiger partial charge in [0.05, 0.1) is 43.6 Å². The van der Waals surface area contributed by atoms with Crippen molar-refractivity contribution in [3.63, 3.8) is 0 Å². The molecule has 0 bridgehead atoms. The molecule has 2 saturated heterocycles. The third-order valence-electron chi connectivity index (χ3n) is 8.78. The van der Waals surface area contributed by atoms with Gasteiger partial charge in [-0.05, 0) is 62.9 Å². The van der Waals surface area contributed by atoms with Crippen LogP contribution in [0.25, 0.3) is 22.3 Å². The third kappa shape index (κ3) is 6.27. The summed E-state index contributed by atoms with van der Waals surface area (Å²) < 4.78 is 17.4. The highest BCUT2D eigenvalue weighted by atomic mass is 16.5. The number of benzene rings is 1. The number of anilines is 2. The largest absolute Gasteiger partial charge is 0.496 e. The molecule has 9 heteroatoms. The third-order valence-corrected chi connectivity index (χ3v) is 8.78. The number of aromatic nitrogens is 3. The molecule has 3 aromatic rings. The molecule has 4 heterocycles. The number of morpholine rings is 2. The molecule has 1 N–H and O–H groups in total. The smallest absolute Gasteiger partial charge is 0.229 e. The monoisotopic (exact) mass is 560 g/mol. The van der Waals surface area contributed by atoms with Gasteiger partial charge in [-0.25, -0.2) is 4.98 Å². The van der Waals surface area contributed by atoms with Gasteiger partial charge in [-0.2, -0.15) is 9.97 Å². The minimum atomic E-state index is 0.118. The lowest BCUT2D eigenvalue weighted by atomic mass is 9.86. The minimum Gasteiger partial charge on any atom is -0.496 e. The number of nitrogens with one attached hydrogen (secondary N) is 1. The Labute approximate surface area is 243 Å². The second kappa shape index (κ2) is 12.5. The average molecular weight is 561 g/mol. The van der Waals surface area contributed by atoms with Gasteiger partial charge >= 0.3 is 0 Å². The van der Waals surface area contributed by atoms with E-state index in [1.807, 2.05) is 0 Å². The number of nitrogens with zero attached hydrogens (tertiary/aromatic N) is 5. The first-order valence-corrected chi connectivity index (χ1v) is 15.3. The number of rotatable bonds is 7. The van der Waals surface area contributed by atoms with Crippen LogP contribution in [-0.4, -0.2) is 79.7 Å². The molecule has 3 aliphatic rings. The molecule has 0 radical (unpaired) electrons. The zero-order valence-electron chi connectivity index (χ0n) is 24.9. The number of methoxy groups -OCH3 is 1. The van der Waals surface area contributed by atoms with Crippen molar-refractivity contribution in [2.75, 3.05) is 56.3 Å². The maximum absolute atomic E-state index is 5.99. The van der Waals surface area contributed by atoms with E-state index in [-0.39, 0.29) is 12.2 Å². The number of fused-ring (bicyclic) bond motifs is 1. The Morgan fingerprint density at radius 2 is 1.71 bits per heavy atom. The predicted molar refractivity (Wildman–Crippen MR) is 163 cm³/mol. The normalized spacial score (nSPS) is 25.5. The van der Waals surface area contributed by atoms with E-state index in [1.54, 1.807) is 7.11 Å². The van der Waals surface area contributed by atoms with Crippen LogP contribution in [0.4, 0.5) is 11.8 Å². The topological polar surface area (TPSA) is 84.9 Å². The Morgan fingerprint density at radius 3 is 2.46 bits per heavy atom. The molecular formula is C32H44N6O3. The van der Waals surface area contributed by atoms with Gasteiger partial charge in [-0.1, -0.05) is 19.8 Å². The summed E-state index contributed by atoms with van der Waals surface area (Å²) in [6.45, 7) is 11.9. The summed E-state index contributed by atoms with van der Waals surface area (Å²) in [4.78, 5) is 19.8. The van der Waals surface area contributed by atoms with Crippen LogP contribution < -0.4 is 19.9 Å². The highest BCUT2D eigenvalue weighted by Gasteiger charge is 2.27. The van der Waals surface area contributed by atoms with Gasteiger partial charge in [0.1, 0.15) is 11.6 Å². The Morgan fingerprint density at radius 1 is 0.927 bits per heavy atom. The van der Waals surface area contributed by atoms with E-state index in [1.165, 1.54) is 25.7 Å². The Balaban J connectivity index is 1.35. The van der Waals surface area contributed by atoms with Crippen molar-refractivity contribution >= 4 is 22.8 Å². The van der Waals surface area contributed by atoms with Crippen molar-refractivity contribution in [1.82, 2.24) is 20.3 Å². The highest BCUT2D eigenvalue weighted by molar-refractivity contribution is 5.90. The zero-order valence-corrected chi connectivity index (χ0v) is 24.9. The molecule has 3 fully saturated rings. The zero-order chi connectivity index (χ0) is 28.3. The summed E-state index contributed by atoms with van der Waals surface area (Å²) in [5.41, 5.74) is 3.82. The van der Waals surface area contributed by atoms with Crippen LogP contribution in [-0.2, 0) is 16.0 Å². The SMILES string of the molecule is COc1ccc(-c2ccc3c(N4CCOCC4)nc(N4CC(C)OC(C)C4)nc3n2)cc1CNC1CCCCC1C. The van der Waals surface area contributed by atoms with Gasteiger partial charge in [-0.3, -0.25) is 0 Å². The lowest BCUT2D eigenvalue weighted by Gasteiger charge is -2.36. The van der Waals surface area contributed by atoms with E-state index in [0.717, 1.165) is 66.5 Å². The summed E-state index contributed by atoms with van der Waals surface area (Å²) in [6.07, 6.45) is 5.42. The fraction of sp³-hybridized carbons (Fsp3) is 0.594. The van der Waals surface area contributed by atoms with Crippen molar-refractivity contribution in [2.24, 2.45) is 5.92 Å². The van der Waals surface area contributed by atoms with E-state index in [0.29, 0.717) is 36.8 Å². The first kappa shape index (κ1) is 28.1. The fourth-order valence-corrected chi connectivity index (χ4v) is 6.58. The van der Waals surface area contributed by atoms with E-state index < -0.39 is 0 Å². The molecule has 41 heavy (non-hydrogen) atoms. The number of hydrogen-bond acceptors (Lipinski definition) is 9. The Hall–Kier alpha value is -3.01. The first-order chi connectivity index (χ1) is 20.0. The van der Waals surface area contributed by atoms with Crippen LogP contribution in [0.15, 0.2) is 30.3 Å². The summed E-state index contributed by atoms with van der Waals surface area (Å²) in [7, 11) is 1.75. The van der Waals surface area contributed by atoms with Gasteiger partial charge in [0.15, 0.2) is 5.65 Å². The van der Waals surface area contributed by atoms with Gasteiger partial charge in [0, 0.05) is 49.9 Å². The molecule has 220 valence electrons. The van der Waals surface area contributed by atoms with Crippen LogP contribution >= 0.6 is 0 Å². The van der Waals surface area contributed by atoms with Crippen molar-refractivity contribution in [2.45, 2.75) is 71.2 Å². The van der Waals surface area contributed by atoms with Crippen LogP contribution in [0.3, 0.4) is 0 Å². The minimum absolute atomic E-state index is 0.118. The van der Waals surface area contributed by atoms with Crippen LogP contribution in [0.1, 0.15) is 52.0 Å². The second-order valence-electron chi connectivity index (χ2n) is 12.0.